The Kier molecular flexibility index (Phi) is 9.24. The van der Waals surface area contributed by atoms with Crippen LogP contribution >= 0.6 is 23.7 Å². The third-order valence-electron chi connectivity index (χ3n) is 3.06. The number of rotatable bonds is 7. The van der Waals surface area contributed by atoms with Crippen LogP contribution in [0.25, 0.3) is 0 Å². The average molecular weight is 334 g/mol. The van der Waals surface area contributed by atoms with E-state index in [1.54, 1.807) is 6.07 Å². The van der Waals surface area contributed by atoms with Crippen molar-refractivity contribution in [3.8, 4) is 0 Å². The third-order valence-corrected chi connectivity index (χ3v) is 3.92. The molecule has 0 radical (unpaired) electrons. The standard InChI is InChI=1S/C14H23N3O2S.ClH/c1-9(2)12(14(19)16-8-10(3)15-4)17-13(18)11-6-5-7-20-11;/h5-7,9-10,12,15H,8H2,1-4H3,(H,16,19)(H,17,18);1H. The van der Waals surface area contributed by atoms with Crippen molar-refractivity contribution in [2.45, 2.75) is 32.9 Å². The van der Waals surface area contributed by atoms with E-state index in [1.807, 2.05) is 39.3 Å². The molecule has 5 nitrogen and oxygen atoms in total. The van der Waals surface area contributed by atoms with Gasteiger partial charge in [-0.2, -0.15) is 0 Å². The summed E-state index contributed by atoms with van der Waals surface area (Å²) in [5, 5.41) is 10.5. The molecule has 0 spiro atoms. The number of hydrogen-bond acceptors (Lipinski definition) is 4. The first-order valence-corrected chi connectivity index (χ1v) is 7.63. The van der Waals surface area contributed by atoms with Crippen molar-refractivity contribution in [3.05, 3.63) is 22.4 Å². The number of carbonyl (C=O) groups is 2. The number of likely N-dealkylation sites (N-methyl/N-ethyl adjacent to an activating group) is 1. The largest absolute Gasteiger partial charge is 0.353 e. The van der Waals surface area contributed by atoms with Gasteiger partial charge in [0.05, 0.1) is 4.88 Å². The zero-order valence-corrected chi connectivity index (χ0v) is 14.4. The molecule has 0 bridgehead atoms. The molecule has 2 atom stereocenters. The minimum absolute atomic E-state index is 0. The lowest BCUT2D eigenvalue weighted by atomic mass is 10.0. The van der Waals surface area contributed by atoms with Gasteiger partial charge in [-0.15, -0.1) is 23.7 Å². The highest BCUT2D eigenvalue weighted by molar-refractivity contribution is 7.12. The Labute approximate surface area is 136 Å². The van der Waals surface area contributed by atoms with Crippen LogP contribution in [0.2, 0.25) is 0 Å². The van der Waals surface area contributed by atoms with Crippen molar-refractivity contribution in [3.63, 3.8) is 0 Å². The van der Waals surface area contributed by atoms with Crippen LogP contribution in [-0.2, 0) is 4.79 Å². The Morgan fingerprint density at radius 3 is 2.43 bits per heavy atom. The molecule has 0 aliphatic rings. The SMILES string of the molecule is CNC(C)CNC(=O)C(NC(=O)c1cccs1)C(C)C.Cl. The number of hydrogen-bond donors (Lipinski definition) is 3. The molecule has 1 heterocycles. The third kappa shape index (κ3) is 6.46. The zero-order chi connectivity index (χ0) is 15.1. The molecule has 120 valence electrons. The summed E-state index contributed by atoms with van der Waals surface area (Å²) in [6.07, 6.45) is 0. The van der Waals surface area contributed by atoms with Crippen molar-refractivity contribution >= 4 is 35.6 Å². The summed E-state index contributed by atoms with van der Waals surface area (Å²) < 4.78 is 0. The van der Waals surface area contributed by atoms with Crippen molar-refractivity contribution in [2.75, 3.05) is 13.6 Å². The lowest BCUT2D eigenvalue weighted by Gasteiger charge is -2.22. The predicted octanol–water partition coefficient (Wildman–Crippen LogP) is 1.65. The van der Waals surface area contributed by atoms with Crippen molar-refractivity contribution in [1.82, 2.24) is 16.0 Å². The summed E-state index contributed by atoms with van der Waals surface area (Å²) >= 11 is 1.36. The van der Waals surface area contributed by atoms with Crippen LogP contribution in [0.1, 0.15) is 30.4 Å². The van der Waals surface area contributed by atoms with E-state index < -0.39 is 6.04 Å². The van der Waals surface area contributed by atoms with Crippen molar-refractivity contribution < 1.29 is 9.59 Å². The molecule has 1 aromatic heterocycles. The maximum Gasteiger partial charge on any atom is 0.262 e. The lowest BCUT2D eigenvalue weighted by molar-refractivity contribution is -0.124. The smallest absolute Gasteiger partial charge is 0.262 e. The van der Waals surface area contributed by atoms with Gasteiger partial charge in [0.1, 0.15) is 6.04 Å². The van der Waals surface area contributed by atoms with Crippen LogP contribution in [0.4, 0.5) is 0 Å². The molecule has 0 aliphatic carbocycles. The monoisotopic (exact) mass is 333 g/mol. The predicted molar refractivity (Wildman–Crippen MR) is 89.2 cm³/mol. The van der Waals surface area contributed by atoms with Crippen LogP contribution in [0.3, 0.4) is 0 Å². The molecular weight excluding hydrogens is 310 g/mol. The van der Waals surface area contributed by atoms with Gasteiger partial charge >= 0.3 is 0 Å². The molecule has 2 unspecified atom stereocenters. The van der Waals surface area contributed by atoms with Gasteiger partial charge in [-0.3, -0.25) is 9.59 Å². The number of amides is 2. The van der Waals surface area contributed by atoms with E-state index >= 15 is 0 Å². The molecule has 0 saturated carbocycles. The molecule has 3 N–H and O–H groups in total. The van der Waals surface area contributed by atoms with Crippen LogP contribution in [-0.4, -0.2) is 37.5 Å². The van der Waals surface area contributed by atoms with Crippen LogP contribution in [0.15, 0.2) is 17.5 Å². The molecule has 0 fully saturated rings. The van der Waals surface area contributed by atoms with Gasteiger partial charge < -0.3 is 16.0 Å². The number of thiophene rings is 1. The van der Waals surface area contributed by atoms with Gasteiger partial charge in [-0.25, -0.2) is 0 Å². The maximum absolute atomic E-state index is 12.2. The maximum atomic E-state index is 12.2. The van der Waals surface area contributed by atoms with Crippen LogP contribution in [0.5, 0.6) is 0 Å². The normalized spacial score (nSPS) is 13.2. The fourth-order valence-electron chi connectivity index (χ4n) is 1.62. The topological polar surface area (TPSA) is 70.2 Å². The molecule has 1 aromatic rings. The summed E-state index contributed by atoms with van der Waals surface area (Å²) in [5.74, 6) is -0.314. The first-order chi connectivity index (χ1) is 9.45. The second-order valence-corrected chi connectivity index (χ2v) is 6.06. The molecular formula is C14H24ClN3O2S. The van der Waals surface area contributed by atoms with E-state index in [4.69, 9.17) is 0 Å². The van der Waals surface area contributed by atoms with Crippen LogP contribution in [0, 0.1) is 5.92 Å². The average Bonchev–Trinajstić information content (AvgIpc) is 2.95. The Balaban J connectivity index is 0.00000400. The van der Waals surface area contributed by atoms with Gasteiger partial charge in [0, 0.05) is 12.6 Å². The quantitative estimate of drug-likeness (QED) is 0.710. The molecule has 1 rings (SSSR count). The first kappa shape index (κ1) is 19.9. The molecule has 0 aliphatic heterocycles. The van der Waals surface area contributed by atoms with Gasteiger partial charge in [0.2, 0.25) is 5.91 Å². The highest BCUT2D eigenvalue weighted by atomic mass is 35.5. The number of nitrogens with one attached hydrogen (secondary N) is 3. The second-order valence-electron chi connectivity index (χ2n) is 5.11. The fraction of sp³-hybridized carbons (Fsp3) is 0.571. The highest BCUT2D eigenvalue weighted by Crippen LogP contribution is 2.10. The molecule has 0 aromatic carbocycles. The first-order valence-electron chi connectivity index (χ1n) is 6.75. The summed E-state index contributed by atoms with van der Waals surface area (Å²) in [4.78, 5) is 24.8. The van der Waals surface area contributed by atoms with E-state index in [0.717, 1.165) is 0 Å². The molecule has 7 heteroatoms. The van der Waals surface area contributed by atoms with E-state index in [1.165, 1.54) is 11.3 Å². The van der Waals surface area contributed by atoms with Gasteiger partial charge in [-0.05, 0) is 31.3 Å². The molecule has 0 saturated heterocycles. The van der Waals surface area contributed by atoms with Crippen LogP contribution < -0.4 is 16.0 Å². The Morgan fingerprint density at radius 2 is 1.95 bits per heavy atom. The highest BCUT2D eigenvalue weighted by Gasteiger charge is 2.24. The van der Waals surface area contributed by atoms with Gasteiger partial charge in [-0.1, -0.05) is 19.9 Å². The Morgan fingerprint density at radius 1 is 1.29 bits per heavy atom. The minimum atomic E-state index is -0.520. The molecule has 2 amide bonds. The fourth-order valence-corrected chi connectivity index (χ4v) is 2.25. The number of halogens is 1. The summed E-state index contributed by atoms with van der Waals surface area (Å²) in [7, 11) is 1.84. The number of carbonyl (C=O) groups excluding carboxylic acids is 2. The Hall–Kier alpha value is -1.11. The van der Waals surface area contributed by atoms with E-state index in [-0.39, 0.29) is 36.2 Å². The van der Waals surface area contributed by atoms with Crippen molar-refractivity contribution in [2.24, 2.45) is 5.92 Å². The lowest BCUT2D eigenvalue weighted by Crippen LogP contribution is -2.51. The minimum Gasteiger partial charge on any atom is -0.353 e. The summed E-state index contributed by atoms with van der Waals surface area (Å²) in [5.41, 5.74) is 0. The summed E-state index contributed by atoms with van der Waals surface area (Å²) in [6, 6.07) is 3.24. The van der Waals surface area contributed by atoms with Crippen molar-refractivity contribution in [1.29, 1.82) is 0 Å². The van der Waals surface area contributed by atoms with Gasteiger partial charge in [0.15, 0.2) is 0 Å². The Bertz CT molecular complexity index is 437. The van der Waals surface area contributed by atoms with E-state index in [9.17, 15) is 9.59 Å². The second kappa shape index (κ2) is 9.76. The van der Waals surface area contributed by atoms with E-state index in [0.29, 0.717) is 11.4 Å². The van der Waals surface area contributed by atoms with Gasteiger partial charge in [0.25, 0.3) is 5.91 Å². The molecule has 21 heavy (non-hydrogen) atoms. The van der Waals surface area contributed by atoms with E-state index in [2.05, 4.69) is 16.0 Å². The zero-order valence-electron chi connectivity index (χ0n) is 12.8. The summed E-state index contributed by atoms with van der Waals surface area (Å²) in [6.45, 7) is 6.35.